The minimum absolute atomic E-state index is 0.272. The minimum atomic E-state index is -0.593. The molecule has 0 aliphatic heterocycles. The minimum Gasteiger partial charge on any atom is -0.396 e. The fraction of sp³-hybridized carbons (Fsp3) is 1.00. The van der Waals surface area contributed by atoms with Crippen LogP contribution in [0.4, 0.5) is 0 Å². The third-order valence-corrected chi connectivity index (χ3v) is 1.72. The van der Waals surface area contributed by atoms with Gasteiger partial charge < -0.3 is 14.9 Å². The molecule has 0 heterocycles. The van der Waals surface area contributed by atoms with Crippen LogP contribution in [0, 0.1) is 0 Å². The topological polar surface area (TPSA) is 49.7 Å². The number of aliphatic hydroxyl groups is 2. The second-order valence-corrected chi connectivity index (χ2v) is 2.84. The van der Waals surface area contributed by atoms with E-state index in [1.54, 1.807) is 0 Å². The molecule has 1 unspecified atom stereocenters. The van der Waals surface area contributed by atoms with Crippen LogP contribution in [0.3, 0.4) is 0 Å². The highest BCUT2D eigenvalue weighted by Crippen LogP contribution is 2.05. The zero-order valence-electron chi connectivity index (χ0n) is 7.83. The number of unbranched alkanes of at least 4 members (excludes halogenated alkanes) is 3. The van der Waals surface area contributed by atoms with E-state index in [1.165, 1.54) is 0 Å². The average Bonchev–Trinajstić information content (AvgIpc) is 2.05. The van der Waals surface area contributed by atoms with Gasteiger partial charge in [-0.25, -0.2) is 0 Å². The van der Waals surface area contributed by atoms with Crippen LogP contribution in [0.1, 0.15) is 39.0 Å². The molecule has 74 valence electrons. The predicted molar refractivity (Wildman–Crippen MR) is 47.8 cm³/mol. The monoisotopic (exact) mass is 176 g/mol. The summed E-state index contributed by atoms with van der Waals surface area (Å²) in [5.74, 6) is 0. The highest BCUT2D eigenvalue weighted by molar-refractivity contribution is 4.46. The van der Waals surface area contributed by atoms with Gasteiger partial charge in [0.25, 0.3) is 0 Å². The van der Waals surface area contributed by atoms with E-state index in [2.05, 4.69) is 0 Å². The summed E-state index contributed by atoms with van der Waals surface area (Å²) in [4.78, 5) is 0. The van der Waals surface area contributed by atoms with Crippen molar-refractivity contribution in [3.05, 3.63) is 0 Å². The summed E-state index contributed by atoms with van der Waals surface area (Å²) in [7, 11) is 0. The molecule has 0 amide bonds. The van der Waals surface area contributed by atoms with Gasteiger partial charge in [-0.3, -0.25) is 0 Å². The molecule has 0 radical (unpaired) electrons. The summed E-state index contributed by atoms with van der Waals surface area (Å²) in [5.41, 5.74) is 0. The Morgan fingerprint density at radius 3 is 2.42 bits per heavy atom. The van der Waals surface area contributed by atoms with Crippen molar-refractivity contribution in [2.75, 3.05) is 13.2 Å². The summed E-state index contributed by atoms with van der Waals surface area (Å²) in [6, 6.07) is 0. The van der Waals surface area contributed by atoms with Crippen LogP contribution in [0.2, 0.25) is 0 Å². The number of hydrogen-bond acceptors (Lipinski definition) is 3. The van der Waals surface area contributed by atoms with Gasteiger partial charge in [-0.05, 0) is 26.2 Å². The summed E-state index contributed by atoms with van der Waals surface area (Å²) in [6.45, 7) is 2.71. The standard InChI is InChI=1S/C9H20O3/c1-2-12-9(11)7-5-3-4-6-8-10/h9-11H,2-8H2,1H3. The molecule has 0 aromatic rings. The van der Waals surface area contributed by atoms with Gasteiger partial charge in [0.15, 0.2) is 6.29 Å². The lowest BCUT2D eigenvalue weighted by Gasteiger charge is -2.09. The third-order valence-electron chi connectivity index (χ3n) is 1.72. The maximum absolute atomic E-state index is 9.13. The Balaban J connectivity index is 2.97. The Hall–Kier alpha value is -0.120. The molecule has 12 heavy (non-hydrogen) atoms. The van der Waals surface area contributed by atoms with Gasteiger partial charge in [-0.1, -0.05) is 12.8 Å². The van der Waals surface area contributed by atoms with Gasteiger partial charge in [0, 0.05) is 13.2 Å². The molecule has 0 aliphatic carbocycles. The molecular weight excluding hydrogens is 156 g/mol. The van der Waals surface area contributed by atoms with E-state index in [9.17, 15) is 0 Å². The Labute approximate surface area is 74.4 Å². The zero-order chi connectivity index (χ0) is 9.23. The molecule has 0 spiro atoms. The zero-order valence-corrected chi connectivity index (χ0v) is 7.83. The molecule has 0 fully saturated rings. The van der Waals surface area contributed by atoms with Gasteiger partial charge in [0.2, 0.25) is 0 Å². The fourth-order valence-electron chi connectivity index (χ4n) is 1.06. The first-order chi connectivity index (χ1) is 5.81. The number of ether oxygens (including phenoxy) is 1. The van der Waals surface area contributed by atoms with Crippen molar-refractivity contribution in [1.29, 1.82) is 0 Å². The molecular formula is C9H20O3. The molecule has 0 aromatic heterocycles. The van der Waals surface area contributed by atoms with Crippen LogP contribution in [-0.2, 0) is 4.74 Å². The van der Waals surface area contributed by atoms with Crippen molar-refractivity contribution < 1.29 is 14.9 Å². The molecule has 3 nitrogen and oxygen atoms in total. The van der Waals surface area contributed by atoms with E-state index in [0.717, 1.165) is 25.7 Å². The maximum Gasteiger partial charge on any atom is 0.154 e. The first kappa shape index (κ1) is 11.9. The van der Waals surface area contributed by atoms with Crippen LogP contribution in [0.15, 0.2) is 0 Å². The van der Waals surface area contributed by atoms with E-state index in [4.69, 9.17) is 14.9 Å². The maximum atomic E-state index is 9.13. The highest BCUT2D eigenvalue weighted by Gasteiger charge is 2.00. The van der Waals surface area contributed by atoms with Crippen molar-refractivity contribution in [3.63, 3.8) is 0 Å². The molecule has 0 bridgehead atoms. The highest BCUT2D eigenvalue weighted by atomic mass is 16.6. The molecule has 0 saturated carbocycles. The second-order valence-electron chi connectivity index (χ2n) is 2.84. The fourth-order valence-corrected chi connectivity index (χ4v) is 1.06. The van der Waals surface area contributed by atoms with E-state index < -0.39 is 6.29 Å². The van der Waals surface area contributed by atoms with Crippen molar-refractivity contribution >= 4 is 0 Å². The van der Waals surface area contributed by atoms with E-state index in [1.807, 2.05) is 6.92 Å². The van der Waals surface area contributed by atoms with Gasteiger partial charge in [-0.2, -0.15) is 0 Å². The molecule has 2 N–H and O–H groups in total. The van der Waals surface area contributed by atoms with Crippen LogP contribution >= 0.6 is 0 Å². The first-order valence-electron chi connectivity index (χ1n) is 4.71. The van der Waals surface area contributed by atoms with E-state index in [-0.39, 0.29) is 6.61 Å². The summed E-state index contributed by atoms with van der Waals surface area (Å²) < 4.78 is 4.95. The summed E-state index contributed by atoms with van der Waals surface area (Å²) in [5, 5.41) is 17.6. The number of hydrogen-bond donors (Lipinski definition) is 2. The van der Waals surface area contributed by atoms with Crippen LogP contribution < -0.4 is 0 Å². The number of rotatable bonds is 8. The lowest BCUT2D eigenvalue weighted by Crippen LogP contribution is -2.10. The largest absolute Gasteiger partial charge is 0.396 e. The van der Waals surface area contributed by atoms with E-state index in [0.29, 0.717) is 13.0 Å². The summed E-state index contributed by atoms with van der Waals surface area (Å²) in [6.07, 6.45) is 4.05. The lowest BCUT2D eigenvalue weighted by molar-refractivity contribution is -0.0994. The van der Waals surface area contributed by atoms with Gasteiger partial charge in [0.05, 0.1) is 0 Å². The van der Waals surface area contributed by atoms with Crippen LogP contribution in [-0.4, -0.2) is 29.7 Å². The normalized spacial score (nSPS) is 13.2. The van der Waals surface area contributed by atoms with Crippen molar-refractivity contribution in [3.8, 4) is 0 Å². The average molecular weight is 176 g/mol. The number of aliphatic hydroxyl groups excluding tert-OH is 2. The molecule has 3 heteroatoms. The Bertz CT molecular complexity index is 85.8. The molecule has 0 saturated heterocycles. The summed E-state index contributed by atoms with van der Waals surface area (Å²) >= 11 is 0. The predicted octanol–water partition coefficient (Wildman–Crippen LogP) is 1.28. The first-order valence-corrected chi connectivity index (χ1v) is 4.71. The van der Waals surface area contributed by atoms with Gasteiger partial charge in [0.1, 0.15) is 0 Å². The Morgan fingerprint density at radius 1 is 1.17 bits per heavy atom. The van der Waals surface area contributed by atoms with Gasteiger partial charge >= 0.3 is 0 Å². The van der Waals surface area contributed by atoms with Crippen molar-refractivity contribution in [1.82, 2.24) is 0 Å². The lowest BCUT2D eigenvalue weighted by atomic mass is 10.1. The quantitative estimate of drug-likeness (QED) is 0.432. The SMILES string of the molecule is CCOC(O)CCCCCCO. The smallest absolute Gasteiger partial charge is 0.154 e. The molecule has 0 aliphatic rings. The Morgan fingerprint density at radius 2 is 1.83 bits per heavy atom. The van der Waals surface area contributed by atoms with Crippen LogP contribution in [0.5, 0.6) is 0 Å². The van der Waals surface area contributed by atoms with E-state index >= 15 is 0 Å². The molecule has 0 aromatic carbocycles. The molecule has 0 rings (SSSR count). The Kier molecular flexibility index (Phi) is 8.88. The van der Waals surface area contributed by atoms with Gasteiger partial charge in [-0.15, -0.1) is 0 Å². The van der Waals surface area contributed by atoms with Crippen LogP contribution in [0.25, 0.3) is 0 Å². The second kappa shape index (κ2) is 8.97. The molecule has 1 atom stereocenters. The van der Waals surface area contributed by atoms with Crippen molar-refractivity contribution in [2.45, 2.75) is 45.3 Å². The van der Waals surface area contributed by atoms with Crippen molar-refractivity contribution in [2.24, 2.45) is 0 Å². The third kappa shape index (κ3) is 7.98.